The fourth-order valence-electron chi connectivity index (χ4n) is 0.0697. The van der Waals surface area contributed by atoms with E-state index in [-0.39, 0.29) is 29.6 Å². The van der Waals surface area contributed by atoms with E-state index in [1.54, 1.807) is 0 Å². The fourth-order valence-corrected chi connectivity index (χ4v) is 0.0697. The van der Waals surface area contributed by atoms with Crippen LogP contribution in [-0.2, 0) is 0 Å². The first-order valence-corrected chi connectivity index (χ1v) is 1.37. The molecule has 0 radical (unpaired) electrons. The summed E-state index contributed by atoms with van der Waals surface area (Å²) in [6.07, 6.45) is 0. The molecule has 0 spiro atoms. The number of hydrogen-bond acceptors (Lipinski definition) is 4. The maximum Gasteiger partial charge on any atom is 1.00 e. The van der Waals surface area contributed by atoms with E-state index >= 15 is 0 Å². The third-order valence-electron chi connectivity index (χ3n) is 0.312. The van der Waals surface area contributed by atoms with E-state index in [0.29, 0.717) is 0 Å². The van der Waals surface area contributed by atoms with Crippen LogP contribution < -0.4 is 29.6 Å². The van der Waals surface area contributed by atoms with Gasteiger partial charge in [-0.2, -0.15) is 10.5 Å². The van der Waals surface area contributed by atoms with Crippen molar-refractivity contribution in [2.45, 2.75) is 0 Å². The van der Waals surface area contributed by atoms with Gasteiger partial charge in [0.1, 0.15) is 12.1 Å². The molecule has 0 aromatic heterocycles. The predicted octanol–water partition coefficient (Wildman–Crippen LogP) is -3.13. The van der Waals surface area contributed by atoms with Crippen LogP contribution in [0.2, 0.25) is 0 Å². The summed E-state index contributed by atoms with van der Waals surface area (Å²) in [5.41, 5.74) is -0.528. The van der Waals surface area contributed by atoms with Gasteiger partial charge in [-0.1, -0.05) is 5.16 Å². The molecule has 34 valence electrons. The summed E-state index contributed by atoms with van der Waals surface area (Å²) < 4.78 is 0. The summed E-state index contributed by atoms with van der Waals surface area (Å²) in [7, 11) is 0. The Kier molecular flexibility index (Phi) is 8.41. The van der Waals surface area contributed by atoms with E-state index in [9.17, 15) is 0 Å². The summed E-state index contributed by atoms with van der Waals surface area (Å²) in [6.45, 7) is 0. The van der Waals surface area contributed by atoms with E-state index in [0.717, 1.165) is 0 Å². The number of rotatable bonds is 0. The van der Waals surface area contributed by atoms with Crippen LogP contribution in [-0.4, -0.2) is 10.9 Å². The van der Waals surface area contributed by atoms with Gasteiger partial charge in [-0.25, -0.2) is 0 Å². The third kappa shape index (κ3) is 3.63. The number of oxime groups is 1. The van der Waals surface area contributed by atoms with Crippen LogP contribution in [0.3, 0.4) is 0 Å². The largest absolute Gasteiger partial charge is 1.00 e. The Morgan fingerprint density at radius 3 is 1.75 bits per heavy atom. The van der Waals surface area contributed by atoms with Crippen LogP contribution in [0.1, 0.15) is 0 Å². The molecule has 0 bridgehead atoms. The van der Waals surface area contributed by atoms with E-state index in [1.165, 1.54) is 12.1 Å². The standard InChI is InChI=1S/C3HN3O.Na/c4-1-3(2-5)6-7;/h7H;/q;+1. The Morgan fingerprint density at radius 2 is 1.75 bits per heavy atom. The normalized spacial score (nSPS) is 4.75. The average molecular weight is 118 g/mol. The molecule has 0 fully saturated rings. The van der Waals surface area contributed by atoms with Crippen molar-refractivity contribution in [1.29, 1.82) is 10.5 Å². The summed E-state index contributed by atoms with van der Waals surface area (Å²) in [6, 6.07) is 2.68. The van der Waals surface area contributed by atoms with Gasteiger partial charge in [-0.05, 0) is 0 Å². The van der Waals surface area contributed by atoms with Gasteiger partial charge in [0.15, 0.2) is 0 Å². The second-order valence-electron chi connectivity index (χ2n) is 0.672. The van der Waals surface area contributed by atoms with Gasteiger partial charge in [0.2, 0.25) is 0 Å². The zero-order chi connectivity index (χ0) is 5.70. The first kappa shape index (κ1) is 10.4. The summed E-state index contributed by atoms with van der Waals surface area (Å²) in [5.74, 6) is 0. The molecule has 0 amide bonds. The minimum absolute atomic E-state index is 0. The summed E-state index contributed by atoms with van der Waals surface area (Å²) >= 11 is 0. The molecule has 0 heterocycles. The van der Waals surface area contributed by atoms with E-state index < -0.39 is 5.71 Å². The molecule has 4 nitrogen and oxygen atoms in total. The fraction of sp³-hybridized carbons (Fsp3) is 0. The number of nitriles is 2. The van der Waals surface area contributed by atoms with Gasteiger partial charge in [-0.15, -0.1) is 0 Å². The molecule has 0 aromatic carbocycles. The Bertz CT molecular complexity index is 146. The molecule has 0 unspecified atom stereocenters. The maximum atomic E-state index is 7.76. The van der Waals surface area contributed by atoms with Crippen LogP contribution in [0, 0.1) is 22.7 Å². The van der Waals surface area contributed by atoms with Crippen molar-refractivity contribution in [3.8, 4) is 12.1 Å². The zero-order valence-electron chi connectivity index (χ0n) is 4.29. The van der Waals surface area contributed by atoms with Crippen LogP contribution >= 0.6 is 0 Å². The van der Waals surface area contributed by atoms with Gasteiger partial charge >= 0.3 is 29.6 Å². The molecule has 0 aromatic rings. The van der Waals surface area contributed by atoms with Gasteiger partial charge in [0.05, 0.1) is 0 Å². The van der Waals surface area contributed by atoms with E-state index in [4.69, 9.17) is 15.7 Å². The molecular formula is C3HN3NaO+. The molecule has 8 heavy (non-hydrogen) atoms. The molecule has 0 aliphatic carbocycles. The predicted molar refractivity (Wildman–Crippen MR) is 20.4 cm³/mol. The van der Waals surface area contributed by atoms with Crippen molar-refractivity contribution >= 4 is 5.71 Å². The van der Waals surface area contributed by atoms with Gasteiger partial charge in [0.25, 0.3) is 5.71 Å². The first-order chi connectivity index (χ1) is 3.35. The molecule has 0 saturated heterocycles. The van der Waals surface area contributed by atoms with Crippen LogP contribution in [0.5, 0.6) is 0 Å². The van der Waals surface area contributed by atoms with Crippen molar-refractivity contribution in [3.05, 3.63) is 0 Å². The van der Waals surface area contributed by atoms with Crippen LogP contribution in [0.25, 0.3) is 0 Å². The van der Waals surface area contributed by atoms with Gasteiger partial charge < -0.3 is 5.21 Å². The Labute approximate surface area is 68.3 Å². The number of nitrogens with zero attached hydrogens (tertiary/aromatic N) is 3. The van der Waals surface area contributed by atoms with Crippen molar-refractivity contribution in [3.63, 3.8) is 0 Å². The molecule has 0 aliphatic rings. The Hall–Kier alpha value is -0.550. The molecular weight excluding hydrogens is 117 g/mol. The van der Waals surface area contributed by atoms with Gasteiger partial charge in [-0.3, -0.25) is 0 Å². The molecule has 0 aliphatic heterocycles. The molecule has 0 saturated carbocycles. The second-order valence-corrected chi connectivity index (χ2v) is 0.672. The SMILES string of the molecule is N#CC(C#N)=NO.[Na+]. The Balaban J connectivity index is 0. The minimum atomic E-state index is -0.528. The topological polar surface area (TPSA) is 80.2 Å². The van der Waals surface area contributed by atoms with Gasteiger partial charge in [0, 0.05) is 0 Å². The summed E-state index contributed by atoms with van der Waals surface area (Å²) in [5, 5.41) is 25.5. The molecule has 5 heteroatoms. The van der Waals surface area contributed by atoms with Crippen LogP contribution in [0.4, 0.5) is 0 Å². The minimum Gasteiger partial charge on any atom is -0.409 e. The smallest absolute Gasteiger partial charge is 0.409 e. The molecule has 0 rings (SSSR count). The number of hydrogen-bond donors (Lipinski definition) is 1. The van der Waals surface area contributed by atoms with Crippen molar-refractivity contribution in [2.24, 2.45) is 5.16 Å². The zero-order valence-corrected chi connectivity index (χ0v) is 6.29. The average Bonchev–Trinajstić information content (AvgIpc) is 1.72. The Morgan fingerprint density at radius 1 is 1.38 bits per heavy atom. The molecule has 0 atom stereocenters. The quantitative estimate of drug-likeness (QED) is 0.158. The summed E-state index contributed by atoms with van der Waals surface area (Å²) in [4.78, 5) is 0. The maximum absolute atomic E-state index is 7.76. The molecule has 1 N–H and O–H groups in total. The first-order valence-electron chi connectivity index (χ1n) is 1.37. The monoisotopic (exact) mass is 118 g/mol. The van der Waals surface area contributed by atoms with Crippen molar-refractivity contribution in [2.75, 3.05) is 0 Å². The van der Waals surface area contributed by atoms with Crippen molar-refractivity contribution < 1.29 is 34.8 Å². The van der Waals surface area contributed by atoms with E-state index in [1.807, 2.05) is 0 Å². The third-order valence-corrected chi connectivity index (χ3v) is 0.312. The van der Waals surface area contributed by atoms with Crippen molar-refractivity contribution in [1.82, 2.24) is 0 Å². The van der Waals surface area contributed by atoms with Crippen LogP contribution in [0.15, 0.2) is 5.16 Å². The van der Waals surface area contributed by atoms with E-state index in [2.05, 4.69) is 5.16 Å². The second kappa shape index (κ2) is 6.45.